The van der Waals surface area contributed by atoms with Crippen LogP contribution >= 0.6 is 11.6 Å². The summed E-state index contributed by atoms with van der Waals surface area (Å²) < 4.78 is 0. The maximum absolute atomic E-state index is 11.6. The Hall–Kier alpha value is -0.530. The third-order valence-electron chi connectivity index (χ3n) is 2.38. The Bertz CT molecular complexity index is 285. The van der Waals surface area contributed by atoms with Gasteiger partial charge in [-0.2, -0.15) is 0 Å². The Labute approximate surface area is 77.0 Å². The van der Waals surface area contributed by atoms with Crippen LogP contribution in [0.25, 0.3) is 0 Å². The maximum atomic E-state index is 11.6. The summed E-state index contributed by atoms with van der Waals surface area (Å²) in [5, 5.41) is 11.3. The fourth-order valence-electron chi connectivity index (χ4n) is 1.68. The summed E-state index contributed by atoms with van der Waals surface area (Å²) in [6.45, 7) is 0. The number of hydrogen-bond donors (Lipinski definition) is 0. The number of alkyl halides is 1. The van der Waals surface area contributed by atoms with E-state index in [9.17, 15) is 5.11 Å². The molecule has 0 amide bonds. The fraction of sp³-hybridized carbons (Fsp3) is 0.400. The molecule has 0 spiro atoms. The van der Waals surface area contributed by atoms with Crippen molar-refractivity contribution in [3.05, 3.63) is 35.4 Å². The quantitative estimate of drug-likeness (QED) is 0.549. The normalized spacial score (nSPS) is 28.2. The summed E-state index contributed by atoms with van der Waals surface area (Å²) in [4.78, 5) is 0. The average Bonchev–Trinajstić information content (AvgIpc) is 2.12. The summed E-state index contributed by atoms with van der Waals surface area (Å²) in [5.74, 6) is 0. The van der Waals surface area contributed by atoms with E-state index >= 15 is 0 Å². The van der Waals surface area contributed by atoms with Crippen LogP contribution in [-0.2, 0) is 11.5 Å². The zero-order valence-corrected chi connectivity index (χ0v) is 7.42. The highest BCUT2D eigenvalue weighted by atomic mass is 35.5. The van der Waals surface area contributed by atoms with Gasteiger partial charge in [-0.25, -0.2) is 5.11 Å². The van der Waals surface area contributed by atoms with Gasteiger partial charge < -0.3 is 0 Å². The topological polar surface area (TPSA) is 19.9 Å². The van der Waals surface area contributed by atoms with E-state index in [1.54, 1.807) is 0 Å². The third kappa shape index (κ3) is 1.23. The number of hydrogen-bond acceptors (Lipinski definition) is 0. The summed E-state index contributed by atoms with van der Waals surface area (Å²) in [5.41, 5.74) is 2.07. The van der Waals surface area contributed by atoms with Crippen LogP contribution < -0.4 is 0 Å². The van der Waals surface area contributed by atoms with Crippen LogP contribution in [-0.4, -0.2) is 5.38 Å². The first-order valence-electron chi connectivity index (χ1n) is 4.17. The summed E-state index contributed by atoms with van der Waals surface area (Å²) in [6.07, 6.45) is 1.03. The largest absolute Gasteiger partial charge is 0.226 e. The first kappa shape index (κ1) is 8.09. The molecule has 0 N–H and O–H groups in total. The molecule has 2 unspecified atom stereocenters. The van der Waals surface area contributed by atoms with Crippen molar-refractivity contribution in [1.29, 1.82) is 0 Å². The van der Waals surface area contributed by atoms with Crippen LogP contribution in [0.3, 0.4) is 0 Å². The second kappa shape index (κ2) is 3.08. The van der Waals surface area contributed by atoms with Crippen LogP contribution in [0, 0.1) is 0 Å². The van der Waals surface area contributed by atoms with E-state index in [4.69, 9.17) is 11.6 Å². The minimum Gasteiger partial charge on any atom is -0.226 e. The second-order valence-electron chi connectivity index (χ2n) is 3.17. The van der Waals surface area contributed by atoms with Gasteiger partial charge in [0.25, 0.3) is 0 Å². The number of fused-ring (bicyclic) bond motifs is 1. The molecule has 2 rings (SSSR count). The molecular formula is C10H10ClO. The van der Waals surface area contributed by atoms with E-state index in [1.165, 1.54) is 5.56 Å². The Balaban J connectivity index is 2.42. The van der Waals surface area contributed by atoms with Gasteiger partial charge in [0.2, 0.25) is 0 Å². The fourth-order valence-corrected chi connectivity index (χ4v) is 1.92. The molecule has 1 aliphatic carbocycles. The molecule has 1 aromatic carbocycles. The molecule has 1 radical (unpaired) electrons. The molecule has 63 valence electrons. The summed E-state index contributed by atoms with van der Waals surface area (Å²) in [6, 6.07) is 7.78. The van der Waals surface area contributed by atoms with Gasteiger partial charge >= 0.3 is 0 Å². The van der Waals surface area contributed by atoms with Crippen molar-refractivity contribution in [2.75, 3.05) is 0 Å². The van der Waals surface area contributed by atoms with Gasteiger partial charge in [0, 0.05) is 0 Å². The van der Waals surface area contributed by atoms with E-state index < -0.39 is 6.10 Å². The van der Waals surface area contributed by atoms with Crippen molar-refractivity contribution < 1.29 is 5.11 Å². The zero-order valence-electron chi connectivity index (χ0n) is 6.66. The van der Waals surface area contributed by atoms with Crippen LogP contribution in [0.15, 0.2) is 24.3 Å². The van der Waals surface area contributed by atoms with E-state index in [0.29, 0.717) is 0 Å². The van der Waals surface area contributed by atoms with Crippen molar-refractivity contribution in [1.82, 2.24) is 0 Å². The van der Waals surface area contributed by atoms with Gasteiger partial charge in [0.15, 0.2) is 0 Å². The van der Waals surface area contributed by atoms with Crippen molar-refractivity contribution in [3.63, 3.8) is 0 Å². The van der Waals surface area contributed by atoms with E-state index in [0.717, 1.165) is 18.4 Å². The highest BCUT2D eigenvalue weighted by Crippen LogP contribution is 2.33. The number of aryl methyl sites for hydroxylation is 1. The van der Waals surface area contributed by atoms with Gasteiger partial charge in [0.05, 0.1) is 5.38 Å². The molecule has 0 fully saturated rings. The van der Waals surface area contributed by atoms with Gasteiger partial charge in [-0.05, 0) is 24.0 Å². The molecule has 0 saturated carbocycles. The lowest BCUT2D eigenvalue weighted by Crippen LogP contribution is -2.19. The number of benzene rings is 1. The van der Waals surface area contributed by atoms with Gasteiger partial charge in [-0.15, -0.1) is 11.6 Å². The van der Waals surface area contributed by atoms with E-state index in [1.807, 2.05) is 24.3 Å². The molecule has 0 bridgehead atoms. The molecule has 1 aromatic rings. The monoisotopic (exact) mass is 181 g/mol. The first-order chi connectivity index (χ1) is 5.79. The van der Waals surface area contributed by atoms with E-state index in [-0.39, 0.29) is 5.38 Å². The van der Waals surface area contributed by atoms with Crippen molar-refractivity contribution in [2.24, 2.45) is 0 Å². The lowest BCUT2D eigenvalue weighted by atomic mass is 9.89. The van der Waals surface area contributed by atoms with Crippen molar-refractivity contribution in [3.8, 4) is 0 Å². The maximum Gasteiger partial charge on any atom is 0.135 e. The number of rotatable bonds is 0. The van der Waals surface area contributed by atoms with Crippen molar-refractivity contribution >= 4 is 11.6 Å². The van der Waals surface area contributed by atoms with Gasteiger partial charge in [-0.3, -0.25) is 0 Å². The second-order valence-corrected chi connectivity index (χ2v) is 3.73. The standard InChI is InChI=1S/C10H10ClO/c11-9-6-5-7-3-1-2-4-8(7)10(9)12/h1-4,9-10H,5-6H2. The predicted molar refractivity (Wildman–Crippen MR) is 47.8 cm³/mol. The average molecular weight is 182 g/mol. The molecule has 1 aliphatic rings. The van der Waals surface area contributed by atoms with Crippen LogP contribution in [0.5, 0.6) is 0 Å². The molecular weight excluding hydrogens is 172 g/mol. The Morgan fingerprint density at radius 1 is 1.33 bits per heavy atom. The molecule has 2 atom stereocenters. The number of halogens is 1. The Kier molecular flexibility index (Phi) is 2.07. The van der Waals surface area contributed by atoms with Gasteiger partial charge in [0.1, 0.15) is 6.10 Å². The van der Waals surface area contributed by atoms with Gasteiger partial charge in [-0.1, -0.05) is 24.3 Å². The molecule has 1 nitrogen and oxygen atoms in total. The van der Waals surface area contributed by atoms with Crippen LogP contribution in [0.1, 0.15) is 23.7 Å². The highest BCUT2D eigenvalue weighted by Gasteiger charge is 2.26. The molecule has 12 heavy (non-hydrogen) atoms. The highest BCUT2D eigenvalue weighted by molar-refractivity contribution is 6.21. The minimum absolute atomic E-state index is 0.222. The van der Waals surface area contributed by atoms with Crippen LogP contribution in [0.2, 0.25) is 0 Å². The predicted octanol–water partition coefficient (Wildman–Crippen LogP) is 2.71. The summed E-state index contributed by atoms with van der Waals surface area (Å²) >= 11 is 5.88. The molecule has 0 aromatic heterocycles. The Morgan fingerprint density at radius 3 is 2.92 bits per heavy atom. The molecule has 0 saturated heterocycles. The molecule has 0 aliphatic heterocycles. The van der Waals surface area contributed by atoms with Crippen LogP contribution in [0.4, 0.5) is 0 Å². The Morgan fingerprint density at radius 2 is 2.08 bits per heavy atom. The van der Waals surface area contributed by atoms with E-state index in [2.05, 4.69) is 0 Å². The first-order valence-corrected chi connectivity index (χ1v) is 4.60. The zero-order chi connectivity index (χ0) is 8.55. The lowest BCUT2D eigenvalue weighted by molar-refractivity contribution is 0.0770. The lowest BCUT2D eigenvalue weighted by Gasteiger charge is -2.23. The molecule has 2 heteroatoms. The van der Waals surface area contributed by atoms with Crippen molar-refractivity contribution in [2.45, 2.75) is 24.3 Å². The SMILES string of the molecule is [O]C1c2ccccc2CCC1Cl. The smallest absolute Gasteiger partial charge is 0.135 e. The molecule has 0 heterocycles. The third-order valence-corrected chi connectivity index (χ3v) is 2.83. The summed E-state index contributed by atoms with van der Waals surface area (Å²) in [7, 11) is 0. The minimum atomic E-state index is -0.725.